The van der Waals surface area contributed by atoms with Crippen LogP contribution in [0.1, 0.15) is 13.8 Å². The van der Waals surface area contributed by atoms with Crippen LogP contribution in [0.15, 0.2) is 0 Å². The Kier molecular flexibility index (Phi) is 5.82. The monoisotopic (exact) mass is 206 g/mol. The van der Waals surface area contributed by atoms with Crippen LogP contribution >= 0.6 is 0 Å². The molecule has 14 heavy (non-hydrogen) atoms. The van der Waals surface area contributed by atoms with Crippen molar-refractivity contribution >= 4 is 11.9 Å². The van der Waals surface area contributed by atoms with E-state index in [0.29, 0.717) is 0 Å². The molecule has 0 fully saturated rings. The van der Waals surface area contributed by atoms with Crippen LogP contribution in [-0.4, -0.2) is 47.6 Å². The van der Waals surface area contributed by atoms with Gasteiger partial charge in [-0.15, -0.1) is 0 Å². The van der Waals surface area contributed by atoms with Gasteiger partial charge in [0.25, 0.3) is 0 Å². The number of ether oxygens (including phenoxy) is 2. The molecule has 0 aromatic heterocycles. The topological polar surface area (TPSA) is 93.1 Å². The fourth-order valence-corrected chi connectivity index (χ4v) is 0.713. The van der Waals surface area contributed by atoms with Crippen molar-refractivity contribution in [1.29, 1.82) is 0 Å². The summed E-state index contributed by atoms with van der Waals surface area (Å²) >= 11 is 0. The summed E-state index contributed by atoms with van der Waals surface area (Å²) in [6, 6.07) is 0. The second kappa shape index (κ2) is 6.33. The van der Waals surface area contributed by atoms with E-state index < -0.39 is 24.1 Å². The molecule has 0 rings (SSSR count). The Hall–Kier alpha value is -1.14. The van der Waals surface area contributed by atoms with Crippen molar-refractivity contribution in [1.82, 2.24) is 0 Å². The Morgan fingerprint density at radius 1 is 1.00 bits per heavy atom. The molecule has 0 bridgehead atoms. The van der Waals surface area contributed by atoms with Crippen molar-refractivity contribution in [2.75, 3.05) is 13.2 Å². The minimum absolute atomic E-state index is 0.0610. The SMILES string of the molecule is CCOC(=O)[C@@H](O)[C@@H](O)C(=O)OCC. The predicted octanol–water partition coefficient (Wildman–Crippen LogP) is -1.17. The van der Waals surface area contributed by atoms with Crippen molar-refractivity contribution in [3.8, 4) is 0 Å². The summed E-state index contributed by atoms with van der Waals surface area (Å²) in [6.45, 7) is 3.21. The van der Waals surface area contributed by atoms with Gasteiger partial charge in [-0.3, -0.25) is 0 Å². The van der Waals surface area contributed by atoms with Gasteiger partial charge in [-0.1, -0.05) is 0 Å². The highest BCUT2D eigenvalue weighted by Crippen LogP contribution is 1.99. The Labute approximate surface area is 81.4 Å². The first kappa shape index (κ1) is 12.9. The van der Waals surface area contributed by atoms with Gasteiger partial charge >= 0.3 is 11.9 Å². The third-order valence-corrected chi connectivity index (χ3v) is 1.36. The van der Waals surface area contributed by atoms with E-state index in [0.717, 1.165) is 0 Å². The molecule has 6 heteroatoms. The Bertz CT molecular complexity index is 180. The summed E-state index contributed by atoms with van der Waals surface area (Å²) < 4.78 is 8.79. The van der Waals surface area contributed by atoms with Crippen LogP contribution in [0.5, 0.6) is 0 Å². The first-order valence-corrected chi connectivity index (χ1v) is 4.24. The highest BCUT2D eigenvalue weighted by atomic mass is 16.6. The molecular formula is C8H14O6. The number of hydrogen-bond acceptors (Lipinski definition) is 6. The lowest BCUT2D eigenvalue weighted by molar-refractivity contribution is -0.172. The lowest BCUT2D eigenvalue weighted by Crippen LogP contribution is -2.41. The van der Waals surface area contributed by atoms with Crippen LogP contribution in [0.2, 0.25) is 0 Å². The Morgan fingerprint density at radius 2 is 1.29 bits per heavy atom. The number of carbonyl (C=O) groups is 2. The van der Waals surface area contributed by atoms with E-state index >= 15 is 0 Å². The van der Waals surface area contributed by atoms with Crippen LogP contribution in [0.25, 0.3) is 0 Å². The van der Waals surface area contributed by atoms with Crippen LogP contribution < -0.4 is 0 Å². The molecule has 82 valence electrons. The maximum absolute atomic E-state index is 10.9. The third-order valence-electron chi connectivity index (χ3n) is 1.36. The molecule has 0 aliphatic rings. The molecule has 0 saturated heterocycles. The van der Waals surface area contributed by atoms with Crippen molar-refractivity contribution < 1.29 is 29.3 Å². The first-order valence-electron chi connectivity index (χ1n) is 4.24. The number of aliphatic hydroxyl groups excluding tert-OH is 2. The zero-order chi connectivity index (χ0) is 11.1. The van der Waals surface area contributed by atoms with E-state index in [2.05, 4.69) is 9.47 Å². The quantitative estimate of drug-likeness (QED) is 0.551. The van der Waals surface area contributed by atoms with E-state index in [1.54, 1.807) is 13.8 Å². The van der Waals surface area contributed by atoms with Gasteiger partial charge in [0.1, 0.15) is 0 Å². The molecule has 0 spiro atoms. The molecule has 0 radical (unpaired) electrons. The van der Waals surface area contributed by atoms with Gasteiger partial charge in [-0.05, 0) is 13.8 Å². The Morgan fingerprint density at radius 3 is 1.50 bits per heavy atom. The molecule has 0 aliphatic carbocycles. The molecule has 0 aromatic rings. The summed E-state index contributed by atoms with van der Waals surface area (Å²) in [7, 11) is 0. The average molecular weight is 206 g/mol. The van der Waals surface area contributed by atoms with Crippen molar-refractivity contribution in [3.63, 3.8) is 0 Å². The number of rotatable bonds is 5. The second-order valence-electron chi connectivity index (χ2n) is 2.39. The maximum Gasteiger partial charge on any atom is 0.338 e. The van der Waals surface area contributed by atoms with Gasteiger partial charge < -0.3 is 19.7 Å². The summed E-state index contributed by atoms with van der Waals surface area (Å²) in [5.41, 5.74) is 0. The van der Waals surface area contributed by atoms with Crippen LogP contribution in [0, 0.1) is 0 Å². The number of carbonyl (C=O) groups excluding carboxylic acids is 2. The molecule has 0 saturated carbocycles. The van der Waals surface area contributed by atoms with Gasteiger partial charge in [0.2, 0.25) is 0 Å². The fraction of sp³-hybridized carbons (Fsp3) is 0.750. The number of hydrogen-bond donors (Lipinski definition) is 2. The van der Waals surface area contributed by atoms with Crippen molar-refractivity contribution in [2.24, 2.45) is 0 Å². The van der Waals surface area contributed by atoms with Gasteiger partial charge in [0.15, 0.2) is 12.2 Å². The van der Waals surface area contributed by atoms with E-state index in [9.17, 15) is 9.59 Å². The minimum atomic E-state index is -1.89. The van der Waals surface area contributed by atoms with Crippen LogP contribution in [0.4, 0.5) is 0 Å². The third kappa shape index (κ3) is 3.71. The highest BCUT2D eigenvalue weighted by molar-refractivity contribution is 5.85. The Balaban J connectivity index is 4.16. The van der Waals surface area contributed by atoms with Gasteiger partial charge in [-0.2, -0.15) is 0 Å². The maximum atomic E-state index is 10.9. The first-order chi connectivity index (χ1) is 6.54. The molecule has 0 amide bonds. The molecule has 0 unspecified atom stereocenters. The van der Waals surface area contributed by atoms with Gasteiger partial charge in [-0.25, -0.2) is 9.59 Å². The smallest absolute Gasteiger partial charge is 0.338 e. The summed E-state index contributed by atoms with van der Waals surface area (Å²) in [6.07, 6.45) is -3.79. The normalized spacial score (nSPS) is 14.3. The highest BCUT2D eigenvalue weighted by Gasteiger charge is 2.32. The summed E-state index contributed by atoms with van der Waals surface area (Å²) in [4.78, 5) is 21.7. The lowest BCUT2D eigenvalue weighted by Gasteiger charge is -2.14. The van der Waals surface area contributed by atoms with E-state index in [1.807, 2.05) is 0 Å². The molecule has 2 N–H and O–H groups in total. The van der Waals surface area contributed by atoms with Crippen LogP contribution in [-0.2, 0) is 19.1 Å². The van der Waals surface area contributed by atoms with E-state index in [-0.39, 0.29) is 13.2 Å². The summed E-state index contributed by atoms with van der Waals surface area (Å²) in [5.74, 6) is -2.10. The number of esters is 2. The second-order valence-corrected chi connectivity index (χ2v) is 2.39. The van der Waals surface area contributed by atoms with Gasteiger partial charge in [0, 0.05) is 0 Å². The molecule has 0 aliphatic heterocycles. The van der Waals surface area contributed by atoms with Crippen molar-refractivity contribution in [2.45, 2.75) is 26.1 Å². The zero-order valence-electron chi connectivity index (χ0n) is 8.10. The van der Waals surface area contributed by atoms with E-state index in [4.69, 9.17) is 10.2 Å². The number of aliphatic hydroxyl groups is 2. The summed E-state index contributed by atoms with van der Waals surface area (Å²) in [5, 5.41) is 18.2. The average Bonchev–Trinajstić information content (AvgIpc) is 2.16. The lowest BCUT2D eigenvalue weighted by atomic mass is 10.2. The van der Waals surface area contributed by atoms with Crippen molar-refractivity contribution in [3.05, 3.63) is 0 Å². The predicted molar refractivity (Wildman–Crippen MR) is 45.3 cm³/mol. The van der Waals surface area contributed by atoms with E-state index in [1.165, 1.54) is 0 Å². The van der Waals surface area contributed by atoms with Gasteiger partial charge in [0.05, 0.1) is 13.2 Å². The minimum Gasteiger partial charge on any atom is -0.464 e. The zero-order valence-corrected chi connectivity index (χ0v) is 8.10. The van der Waals surface area contributed by atoms with Crippen LogP contribution in [0.3, 0.4) is 0 Å². The molecule has 0 aromatic carbocycles. The fourth-order valence-electron chi connectivity index (χ4n) is 0.713. The molecule has 2 atom stereocenters. The molecule has 0 heterocycles. The molecule has 6 nitrogen and oxygen atoms in total. The standard InChI is InChI=1S/C8H14O6/c1-3-13-7(11)5(9)6(10)8(12)14-4-2/h5-6,9-10H,3-4H2,1-2H3/t5-,6+. The largest absolute Gasteiger partial charge is 0.464 e. The molecular weight excluding hydrogens is 192 g/mol.